The summed E-state index contributed by atoms with van der Waals surface area (Å²) in [5.41, 5.74) is 0. The maximum Gasteiger partial charge on any atom is 0.217 e. The van der Waals surface area contributed by atoms with E-state index in [-0.39, 0.29) is 0 Å². The molecule has 0 heterocycles. The normalized spacial score (nSPS) is 11.2. The van der Waals surface area contributed by atoms with Crippen LogP contribution in [0.3, 0.4) is 0 Å². The fourth-order valence-corrected chi connectivity index (χ4v) is 1.00. The van der Waals surface area contributed by atoms with Gasteiger partial charge < -0.3 is 13.8 Å². The molecule has 0 aromatic rings. The summed E-state index contributed by atoms with van der Waals surface area (Å²) in [4.78, 5) is 9.81. The van der Waals surface area contributed by atoms with Crippen LogP contribution in [0.5, 0.6) is 0 Å². The number of likely N-dealkylation sites (N-methyl/N-ethyl adjacent to an activating group) is 1. The van der Waals surface area contributed by atoms with Crippen molar-refractivity contribution in [2.75, 3.05) is 47.0 Å². The van der Waals surface area contributed by atoms with Crippen LogP contribution in [0.1, 0.15) is 13.8 Å². The van der Waals surface area contributed by atoms with Crippen molar-refractivity contribution in [1.29, 1.82) is 0 Å². The minimum atomic E-state index is -4.41. The zero-order chi connectivity index (χ0) is 15.4. The van der Waals surface area contributed by atoms with E-state index in [1.807, 2.05) is 0 Å². The topological polar surface area (TPSA) is 92.7 Å². The number of carbonyl (C=O) groups excluding carboxylic acids is 1. The molecule has 0 unspecified atom stereocenters. The lowest BCUT2D eigenvalue weighted by molar-refractivity contribution is -0.906. The summed E-state index contributed by atoms with van der Waals surface area (Å²) in [5, 5.41) is 0. The summed E-state index contributed by atoms with van der Waals surface area (Å²) in [7, 11) is -1.40. The molecule has 0 radical (unpaired) electrons. The average Bonchev–Trinajstić information content (AvgIpc) is 2.38. The van der Waals surface area contributed by atoms with Crippen molar-refractivity contribution in [1.82, 2.24) is 0 Å². The van der Waals surface area contributed by atoms with Crippen LogP contribution < -0.4 is 0 Å². The Kier molecular flexibility index (Phi) is 12.0. The number of ether oxygens (including phenoxy) is 1. The lowest BCUT2D eigenvalue weighted by Gasteiger charge is -2.31. The van der Waals surface area contributed by atoms with E-state index in [2.05, 4.69) is 25.1 Å². The molecule has 0 N–H and O–H groups in total. The molecule has 0 fully saturated rings. The Bertz CT molecular complexity index is 357. The quantitative estimate of drug-likeness (QED) is 0.205. The molecule has 0 saturated heterocycles. The fourth-order valence-electron chi connectivity index (χ4n) is 1.00. The number of hydrogen-bond donors (Lipinski definition) is 0. The average molecular weight is 297 g/mol. The van der Waals surface area contributed by atoms with Crippen LogP contribution in [0.15, 0.2) is 6.08 Å². The second-order valence-corrected chi connectivity index (χ2v) is 5.10. The molecule has 7 nitrogen and oxygen atoms in total. The third kappa shape index (κ3) is 15.2. The molecule has 8 heteroatoms. The lowest BCUT2D eigenvalue weighted by atomic mass is 10.4. The van der Waals surface area contributed by atoms with Gasteiger partial charge in [0.25, 0.3) is 0 Å². The van der Waals surface area contributed by atoms with Crippen LogP contribution in [-0.4, -0.2) is 70.4 Å². The molecule has 0 aliphatic rings. The largest absolute Gasteiger partial charge is 0.726 e. The van der Waals surface area contributed by atoms with E-state index in [1.54, 1.807) is 5.94 Å². The molecular weight excluding hydrogens is 274 g/mol. The van der Waals surface area contributed by atoms with E-state index < -0.39 is 10.4 Å². The molecule has 0 amide bonds. The van der Waals surface area contributed by atoms with Gasteiger partial charge in [-0.2, -0.15) is 0 Å². The van der Waals surface area contributed by atoms with Crippen molar-refractivity contribution in [3.63, 3.8) is 0 Å². The second kappa shape index (κ2) is 11.1. The van der Waals surface area contributed by atoms with Crippen LogP contribution in [0, 0.1) is 0 Å². The maximum absolute atomic E-state index is 9.81. The first-order valence-electron chi connectivity index (χ1n) is 5.86. The van der Waals surface area contributed by atoms with Crippen molar-refractivity contribution in [2.24, 2.45) is 0 Å². The Morgan fingerprint density at radius 1 is 1.32 bits per heavy atom. The Morgan fingerprint density at radius 2 is 1.79 bits per heavy atom. The maximum atomic E-state index is 9.81. The second-order valence-electron chi connectivity index (χ2n) is 3.95. The Labute approximate surface area is 115 Å². The molecule has 0 bridgehead atoms. The summed E-state index contributed by atoms with van der Waals surface area (Å²) in [6, 6.07) is 0. The smallest absolute Gasteiger partial charge is 0.217 e. The zero-order valence-electron chi connectivity index (χ0n) is 11.9. The minimum Gasteiger partial charge on any atom is -0.726 e. The van der Waals surface area contributed by atoms with Crippen LogP contribution in [0.4, 0.5) is 0 Å². The van der Waals surface area contributed by atoms with Gasteiger partial charge >= 0.3 is 0 Å². The van der Waals surface area contributed by atoms with Crippen molar-refractivity contribution in [3.8, 4) is 0 Å². The van der Waals surface area contributed by atoms with Crippen molar-refractivity contribution >= 4 is 16.3 Å². The first-order chi connectivity index (χ1) is 8.74. The molecule has 114 valence electrons. The number of hydrogen-bond acceptors (Lipinski definition) is 6. The van der Waals surface area contributed by atoms with E-state index in [0.717, 1.165) is 31.2 Å². The summed E-state index contributed by atoms with van der Waals surface area (Å²) in [6.45, 7) is 8.67. The molecule has 0 rings (SSSR count). The Hall–Kier alpha value is -0.760. The van der Waals surface area contributed by atoms with E-state index >= 15 is 0 Å². The lowest BCUT2D eigenvalue weighted by Crippen LogP contribution is -2.45. The van der Waals surface area contributed by atoms with E-state index in [0.29, 0.717) is 13.2 Å². The third-order valence-electron chi connectivity index (χ3n) is 2.79. The Morgan fingerprint density at radius 3 is 2.11 bits per heavy atom. The van der Waals surface area contributed by atoms with Gasteiger partial charge in [-0.15, -0.1) is 0 Å². The SMILES string of the molecule is CC[N+](C)(CC)CCOCC=C=O.COS(=O)(=O)[O-]. The van der Waals surface area contributed by atoms with Crippen LogP contribution in [-0.2, 0) is 24.1 Å². The Balaban J connectivity index is 0. The highest BCUT2D eigenvalue weighted by atomic mass is 32.3. The van der Waals surface area contributed by atoms with Crippen LogP contribution >= 0.6 is 0 Å². The highest BCUT2D eigenvalue weighted by Gasteiger charge is 2.14. The standard InChI is InChI=1S/C10H20NO2.CH4O4S/c1-4-11(3,5-2)7-10-13-9-6-8-12;1-5-6(2,3)4/h6H,4-5,7,9-10H2,1-3H3;1H3,(H,2,3,4)/q+1;/p-1. The molecule has 0 aliphatic heterocycles. The first-order valence-corrected chi connectivity index (χ1v) is 7.20. The van der Waals surface area contributed by atoms with Gasteiger partial charge in [-0.25, -0.2) is 13.2 Å². The first kappa shape index (κ1) is 20.6. The van der Waals surface area contributed by atoms with Crippen molar-refractivity contribution in [3.05, 3.63) is 6.08 Å². The summed E-state index contributed by atoms with van der Waals surface area (Å²) in [5.74, 6) is 1.69. The van der Waals surface area contributed by atoms with Gasteiger partial charge in [0.1, 0.15) is 12.5 Å². The number of rotatable bonds is 8. The molecule has 0 saturated carbocycles. The number of quaternary nitrogens is 1. The van der Waals surface area contributed by atoms with Crippen LogP contribution in [0.2, 0.25) is 0 Å². The summed E-state index contributed by atoms with van der Waals surface area (Å²) in [6.07, 6.45) is 1.36. The molecule has 0 atom stereocenters. The third-order valence-corrected chi connectivity index (χ3v) is 3.20. The van der Waals surface area contributed by atoms with Gasteiger partial charge in [-0.05, 0) is 13.8 Å². The van der Waals surface area contributed by atoms with Crippen molar-refractivity contribution < 1.29 is 31.2 Å². The monoisotopic (exact) mass is 297 g/mol. The van der Waals surface area contributed by atoms with Gasteiger partial charge in [0, 0.05) is 6.08 Å². The minimum absolute atomic E-state index is 0.386. The van der Waals surface area contributed by atoms with Gasteiger partial charge in [-0.1, -0.05) is 0 Å². The zero-order valence-corrected chi connectivity index (χ0v) is 12.7. The van der Waals surface area contributed by atoms with Crippen molar-refractivity contribution in [2.45, 2.75) is 13.8 Å². The predicted octanol–water partition coefficient (Wildman–Crippen LogP) is -0.0298. The predicted molar refractivity (Wildman–Crippen MR) is 69.9 cm³/mol. The molecule has 0 aromatic heterocycles. The molecule has 19 heavy (non-hydrogen) atoms. The highest BCUT2D eigenvalue weighted by Crippen LogP contribution is 1.99. The number of nitrogens with zero attached hydrogens (tertiary/aromatic N) is 1. The molecular formula is C11H23NO6S. The summed E-state index contributed by atoms with van der Waals surface area (Å²) < 4.78 is 37.3. The molecule has 0 aliphatic carbocycles. The fraction of sp³-hybridized carbons (Fsp3) is 0.818. The molecule has 0 aromatic carbocycles. The van der Waals surface area contributed by atoms with Crippen LogP contribution in [0.25, 0.3) is 0 Å². The van der Waals surface area contributed by atoms with Gasteiger partial charge in [0.15, 0.2) is 0 Å². The highest BCUT2D eigenvalue weighted by molar-refractivity contribution is 7.80. The van der Waals surface area contributed by atoms with Gasteiger partial charge in [0.2, 0.25) is 10.4 Å². The van der Waals surface area contributed by atoms with Gasteiger partial charge in [-0.3, -0.25) is 4.18 Å². The van der Waals surface area contributed by atoms with E-state index in [1.165, 1.54) is 6.08 Å². The van der Waals surface area contributed by atoms with Gasteiger partial charge in [0.05, 0.1) is 40.5 Å². The van der Waals surface area contributed by atoms with E-state index in [9.17, 15) is 17.8 Å². The summed E-state index contributed by atoms with van der Waals surface area (Å²) >= 11 is 0. The van der Waals surface area contributed by atoms with E-state index in [4.69, 9.17) is 4.74 Å². The molecule has 0 spiro atoms.